The Morgan fingerprint density at radius 3 is 2.56 bits per heavy atom. The molecule has 0 spiro atoms. The molecule has 5 nitrogen and oxygen atoms in total. The number of aliphatic imine (C=N–C) groups is 1. The summed E-state index contributed by atoms with van der Waals surface area (Å²) in [6.07, 6.45) is 1.85. The number of nitrogens with one attached hydrogen (secondary N) is 2. The Labute approximate surface area is 149 Å². The molecule has 0 fully saturated rings. The molecule has 0 bridgehead atoms. The van der Waals surface area contributed by atoms with E-state index in [0.717, 1.165) is 42.5 Å². The number of hydrogen-bond donors (Lipinski definition) is 2. The lowest BCUT2D eigenvalue weighted by Crippen LogP contribution is -2.32. The van der Waals surface area contributed by atoms with Gasteiger partial charge in [-0.25, -0.2) is 0 Å². The van der Waals surface area contributed by atoms with Gasteiger partial charge in [0.1, 0.15) is 0 Å². The monoisotopic (exact) mass is 339 g/mol. The van der Waals surface area contributed by atoms with Crippen LogP contribution in [0.25, 0.3) is 0 Å². The van der Waals surface area contributed by atoms with Gasteiger partial charge in [-0.15, -0.1) is 0 Å². The van der Waals surface area contributed by atoms with Crippen LogP contribution in [0.15, 0.2) is 47.5 Å². The first kappa shape index (κ1) is 17.1. The van der Waals surface area contributed by atoms with Crippen LogP contribution in [0.4, 0.5) is 5.69 Å². The number of guanidine groups is 1. The minimum absolute atomic E-state index is 0.681. The van der Waals surface area contributed by atoms with Gasteiger partial charge in [0.25, 0.3) is 0 Å². The van der Waals surface area contributed by atoms with Crippen molar-refractivity contribution in [3.63, 3.8) is 0 Å². The summed E-state index contributed by atoms with van der Waals surface area (Å²) >= 11 is 0. The summed E-state index contributed by atoms with van der Waals surface area (Å²) in [5.74, 6) is 2.31. The van der Waals surface area contributed by atoms with Crippen molar-refractivity contribution in [1.82, 2.24) is 5.32 Å². The summed E-state index contributed by atoms with van der Waals surface area (Å²) in [4.78, 5) is 4.28. The van der Waals surface area contributed by atoms with Crippen molar-refractivity contribution in [2.24, 2.45) is 4.99 Å². The zero-order valence-corrected chi connectivity index (χ0v) is 14.8. The van der Waals surface area contributed by atoms with Crippen LogP contribution in [0.5, 0.6) is 11.5 Å². The highest BCUT2D eigenvalue weighted by atomic mass is 16.5. The van der Waals surface area contributed by atoms with Crippen molar-refractivity contribution in [2.45, 2.75) is 19.8 Å². The van der Waals surface area contributed by atoms with E-state index in [1.165, 1.54) is 11.1 Å². The van der Waals surface area contributed by atoms with E-state index in [-0.39, 0.29) is 0 Å². The van der Waals surface area contributed by atoms with Gasteiger partial charge in [0, 0.05) is 31.8 Å². The third kappa shape index (κ3) is 4.89. The second-order valence-electron chi connectivity index (χ2n) is 6.07. The molecule has 5 heteroatoms. The van der Waals surface area contributed by atoms with E-state index in [1.54, 1.807) is 7.05 Å². The minimum atomic E-state index is 0.681. The molecular formula is C20H25N3O2. The summed E-state index contributed by atoms with van der Waals surface area (Å²) < 4.78 is 11.4. The van der Waals surface area contributed by atoms with E-state index in [0.29, 0.717) is 13.2 Å². The Kier molecular flexibility index (Phi) is 5.77. The van der Waals surface area contributed by atoms with E-state index in [1.807, 2.05) is 18.2 Å². The van der Waals surface area contributed by atoms with Crippen LogP contribution < -0.4 is 20.1 Å². The van der Waals surface area contributed by atoms with E-state index in [4.69, 9.17) is 9.47 Å². The lowest BCUT2D eigenvalue weighted by molar-refractivity contribution is 0.297. The lowest BCUT2D eigenvalue weighted by Gasteiger charge is -2.14. The lowest BCUT2D eigenvalue weighted by atomic mass is 10.1. The second-order valence-corrected chi connectivity index (χ2v) is 6.07. The summed E-state index contributed by atoms with van der Waals surface area (Å²) in [6.45, 7) is 4.29. The van der Waals surface area contributed by atoms with Crippen molar-refractivity contribution in [2.75, 3.05) is 32.1 Å². The summed E-state index contributed by atoms with van der Waals surface area (Å²) in [7, 11) is 1.77. The molecule has 0 amide bonds. The summed E-state index contributed by atoms with van der Waals surface area (Å²) in [6, 6.07) is 14.5. The molecule has 0 saturated heterocycles. The number of benzene rings is 2. The molecule has 1 aliphatic heterocycles. The van der Waals surface area contributed by atoms with Gasteiger partial charge >= 0.3 is 0 Å². The number of hydrogen-bond acceptors (Lipinski definition) is 3. The van der Waals surface area contributed by atoms with Crippen LogP contribution >= 0.6 is 0 Å². The quantitative estimate of drug-likeness (QED) is 0.662. The third-order valence-electron chi connectivity index (χ3n) is 4.06. The molecule has 2 N–H and O–H groups in total. The van der Waals surface area contributed by atoms with Crippen molar-refractivity contribution < 1.29 is 9.47 Å². The first-order valence-electron chi connectivity index (χ1n) is 8.67. The molecule has 0 radical (unpaired) electrons. The first-order chi connectivity index (χ1) is 12.2. The van der Waals surface area contributed by atoms with Gasteiger partial charge in [-0.05, 0) is 31.0 Å². The van der Waals surface area contributed by atoms with Crippen LogP contribution in [0, 0.1) is 6.92 Å². The highest BCUT2D eigenvalue weighted by molar-refractivity contribution is 5.93. The standard InChI is InChI=1S/C20H25N3O2/c1-15-4-6-16(7-5-15)10-11-22-20(21-2)23-17-8-9-18-19(14-17)25-13-3-12-24-18/h4-9,14H,3,10-13H2,1-2H3,(H2,21,22,23). The predicted molar refractivity (Wildman–Crippen MR) is 102 cm³/mol. The largest absolute Gasteiger partial charge is 0.490 e. The first-order valence-corrected chi connectivity index (χ1v) is 8.67. The van der Waals surface area contributed by atoms with Gasteiger partial charge in [-0.2, -0.15) is 0 Å². The number of rotatable bonds is 4. The smallest absolute Gasteiger partial charge is 0.195 e. The zero-order valence-electron chi connectivity index (χ0n) is 14.8. The summed E-state index contributed by atoms with van der Waals surface area (Å²) in [5, 5.41) is 6.64. The molecule has 2 aromatic carbocycles. The van der Waals surface area contributed by atoms with Crippen LogP contribution in [0.2, 0.25) is 0 Å². The Hall–Kier alpha value is -2.69. The predicted octanol–water partition coefficient (Wildman–Crippen LogP) is 3.39. The Morgan fingerprint density at radius 2 is 1.80 bits per heavy atom. The van der Waals surface area contributed by atoms with Crippen molar-refractivity contribution in [3.05, 3.63) is 53.6 Å². The molecule has 1 aliphatic rings. The van der Waals surface area contributed by atoms with Crippen molar-refractivity contribution in [1.29, 1.82) is 0 Å². The second kappa shape index (κ2) is 8.42. The average Bonchev–Trinajstić information content (AvgIpc) is 2.87. The molecule has 132 valence electrons. The Bertz CT molecular complexity index is 726. The average molecular weight is 339 g/mol. The fourth-order valence-corrected chi connectivity index (χ4v) is 2.64. The molecule has 1 heterocycles. The zero-order chi connectivity index (χ0) is 17.5. The molecule has 2 aromatic rings. The van der Waals surface area contributed by atoms with Gasteiger partial charge in [-0.3, -0.25) is 4.99 Å². The van der Waals surface area contributed by atoms with E-state index >= 15 is 0 Å². The number of nitrogens with zero attached hydrogens (tertiary/aromatic N) is 1. The maximum absolute atomic E-state index is 5.73. The molecule has 0 unspecified atom stereocenters. The van der Waals surface area contributed by atoms with Crippen molar-refractivity contribution >= 4 is 11.6 Å². The maximum Gasteiger partial charge on any atom is 0.195 e. The molecule has 0 saturated carbocycles. The molecule has 25 heavy (non-hydrogen) atoms. The number of aryl methyl sites for hydroxylation is 1. The highest BCUT2D eigenvalue weighted by Gasteiger charge is 2.11. The fourth-order valence-electron chi connectivity index (χ4n) is 2.64. The van der Waals surface area contributed by atoms with Gasteiger partial charge < -0.3 is 20.1 Å². The van der Waals surface area contributed by atoms with Gasteiger partial charge in [-0.1, -0.05) is 29.8 Å². The summed E-state index contributed by atoms with van der Waals surface area (Å²) in [5.41, 5.74) is 3.51. The van der Waals surface area contributed by atoms with E-state index in [9.17, 15) is 0 Å². The number of fused-ring (bicyclic) bond motifs is 1. The van der Waals surface area contributed by atoms with Crippen LogP contribution in [0.1, 0.15) is 17.5 Å². The van der Waals surface area contributed by atoms with Crippen LogP contribution in [0.3, 0.4) is 0 Å². The van der Waals surface area contributed by atoms with Crippen molar-refractivity contribution in [3.8, 4) is 11.5 Å². The number of anilines is 1. The van der Waals surface area contributed by atoms with Gasteiger partial charge in [0.2, 0.25) is 0 Å². The van der Waals surface area contributed by atoms with Gasteiger partial charge in [0.05, 0.1) is 13.2 Å². The molecule has 3 rings (SSSR count). The van der Waals surface area contributed by atoms with Crippen LogP contribution in [-0.2, 0) is 6.42 Å². The van der Waals surface area contributed by atoms with E-state index in [2.05, 4.69) is 46.8 Å². The topological polar surface area (TPSA) is 54.9 Å². The van der Waals surface area contributed by atoms with E-state index < -0.39 is 0 Å². The Morgan fingerprint density at radius 1 is 1.04 bits per heavy atom. The van der Waals surface area contributed by atoms with Crippen LogP contribution in [-0.4, -0.2) is 32.8 Å². The fraction of sp³-hybridized carbons (Fsp3) is 0.350. The highest BCUT2D eigenvalue weighted by Crippen LogP contribution is 2.32. The minimum Gasteiger partial charge on any atom is -0.490 e. The SMILES string of the molecule is CN=C(NCCc1ccc(C)cc1)Nc1ccc2c(c1)OCCCO2. The molecule has 0 aliphatic carbocycles. The molecular weight excluding hydrogens is 314 g/mol. The normalized spacial score (nSPS) is 13.9. The third-order valence-corrected chi connectivity index (χ3v) is 4.06. The maximum atomic E-state index is 5.73. The van der Waals surface area contributed by atoms with Gasteiger partial charge in [0.15, 0.2) is 17.5 Å². The molecule has 0 atom stereocenters. The Balaban J connectivity index is 1.55. The number of ether oxygens (including phenoxy) is 2. The molecule has 0 aromatic heterocycles.